The summed E-state index contributed by atoms with van der Waals surface area (Å²) in [7, 11) is 0. The molecule has 4 aliphatic rings. The van der Waals surface area contributed by atoms with Gasteiger partial charge in [-0.05, 0) is 13.0 Å². The smallest absolute Gasteiger partial charge is 0.253 e. The normalized spacial score (nSPS) is 51.2. The third-order valence-electron chi connectivity index (χ3n) is 8.58. The van der Waals surface area contributed by atoms with E-state index in [4.69, 9.17) is 41.9 Å². The van der Waals surface area contributed by atoms with Crippen LogP contribution in [0.15, 0.2) is 0 Å². The van der Waals surface area contributed by atoms with Crippen LogP contribution in [0.3, 0.4) is 0 Å². The van der Waals surface area contributed by atoms with Gasteiger partial charge in [-0.3, -0.25) is 4.79 Å². The number of carbonyl (C=O) groups excluding carboxylic acids is 1. The molecule has 4 fully saturated rings. The Hall–Kier alpha value is -1.17. The number of hydrogen-bond donors (Lipinski definition) is 13. The first-order valence-electron chi connectivity index (χ1n) is 14.1. The predicted octanol–water partition coefficient (Wildman–Crippen LogP) is -8.05. The van der Waals surface area contributed by atoms with Crippen molar-refractivity contribution in [1.82, 2.24) is 10.6 Å². The van der Waals surface area contributed by atoms with Crippen molar-refractivity contribution in [3.05, 3.63) is 0 Å². The number of carbonyl (C=O) groups is 1. The molecule has 17 N–H and O–H groups in total. The Kier molecular flexibility index (Phi) is 10.8. The van der Waals surface area contributed by atoms with Crippen LogP contribution in [0.5, 0.6) is 0 Å². The van der Waals surface area contributed by atoms with E-state index in [1.165, 1.54) is 0 Å². The third-order valence-corrected chi connectivity index (χ3v) is 8.58. The lowest BCUT2D eigenvalue weighted by molar-refractivity contribution is -0.320. The lowest BCUT2D eigenvalue weighted by Crippen LogP contribution is -2.70. The van der Waals surface area contributed by atoms with Gasteiger partial charge in [-0.15, -0.1) is 0 Å². The number of rotatable bonds is 10. The number of nitrogens with two attached hydrogens (primary N) is 4. The molecular weight excluding hydrogens is 564 g/mol. The van der Waals surface area contributed by atoms with Crippen LogP contribution < -0.4 is 33.6 Å². The quantitative estimate of drug-likeness (QED) is 0.109. The summed E-state index contributed by atoms with van der Waals surface area (Å²) in [4.78, 5) is 12.8. The number of amides is 1. The maximum Gasteiger partial charge on any atom is 0.253 e. The summed E-state index contributed by atoms with van der Waals surface area (Å²) in [6.45, 7) is 1.92. The van der Waals surface area contributed by atoms with Gasteiger partial charge in [0.15, 0.2) is 18.2 Å². The maximum absolute atomic E-state index is 12.8. The fraction of sp³-hybridized carbons (Fsp3) is 0.958. The molecule has 0 bridgehead atoms. The summed E-state index contributed by atoms with van der Waals surface area (Å²) < 4.78 is 23.2. The summed E-state index contributed by atoms with van der Waals surface area (Å²) in [6, 6.07) is -5.35. The van der Waals surface area contributed by atoms with E-state index in [9.17, 15) is 40.5 Å². The number of aliphatic hydroxyl groups is 7. The van der Waals surface area contributed by atoms with Gasteiger partial charge in [0.25, 0.3) is 5.91 Å². The van der Waals surface area contributed by atoms with Crippen LogP contribution >= 0.6 is 0 Å². The molecule has 0 radical (unpaired) electrons. The summed E-state index contributed by atoms with van der Waals surface area (Å²) in [5.74, 6) is -0.821. The van der Waals surface area contributed by atoms with Crippen LogP contribution in [0.2, 0.25) is 0 Å². The van der Waals surface area contributed by atoms with E-state index in [0.717, 1.165) is 0 Å². The first-order valence-corrected chi connectivity index (χ1v) is 14.1. The number of likely N-dealkylation sites (N-methyl/N-ethyl adjacent to an activating group) is 1. The van der Waals surface area contributed by atoms with Crippen molar-refractivity contribution >= 4 is 5.91 Å². The number of aliphatic hydroxyl groups excluding tert-OH is 6. The van der Waals surface area contributed by atoms with Crippen molar-refractivity contribution in [1.29, 1.82) is 0 Å². The fourth-order valence-electron chi connectivity index (χ4n) is 5.64. The molecule has 18 nitrogen and oxygen atoms in total. The van der Waals surface area contributed by atoms with E-state index in [2.05, 4.69) is 10.6 Å². The zero-order valence-electron chi connectivity index (χ0n) is 23.3. The minimum absolute atomic E-state index is 0.0198. The highest BCUT2D eigenvalue weighted by atomic mass is 16.7. The van der Waals surface area contributed by atoms with Gasteiger partial charge in [-0.1, -0.05) is 6.92 Å². The minimum atomic E-state index is -1.82. The summed E-state index contributed by atoms with van der Waals surface area (Å²) in [5.41, 5.74) is 22.2. The molecular formula is C24H46N6O12. The van der Waals surface area contributed by atoms with E-state index in [1.54, 1.807) is 0 Å². The molecule has 0 aromatic heterocycles. The Balaban J connectivity index is 1.55. The predicted molar refractivity (Wildman–Crippen MR) is 141 cm³/mol. The molecule has 2 saturated heterocycles. The number of ether oxygens (including phenoxy) is 4. The second kappa shape index (κ2) is 13.4. The fourth-order valence-corrected chi connectivity index (χ4v) is 5.64. The van der Waals surface area contributed by atoms with Crippen molar-refractivity contribution in [2.75, 3.05) is 19.7 Å². The molecule has 2 aliphatic carbocycles. The average molecular weight is 611 g/mol. The lowest BCUT2D eigenvalue weighted by atomic mass is 9.83. The van der Waals surface area contributed by atoms with Crippen molar-refractivity contribution in [2.24, 2.45) is 22.9 Å². The van der Waals surface area contributed by atoms with Crippen LogP contribution in [0.1, 0.15) is 19.8 Å². The molecule has 2 aliphatic heterocycles. The molecule has 2 saturated carbocycles. The van der Waals surface area contributed by atoms with Gasteiger partial charge in [0, 0.05) is 25.0 Å². The van der Waals surface area contributed by atoms with Gasteiger partial charge in [-0.25, -0.2) is 0 Å². The maximum atomic E-state index is 12.8. The van der Waals surface area contributed by atoms with Gasteiger partial charge in [-0.2, -0.15) is 0 Å². The zero-order valence-corrected chi connectivity index (χ0v) is 23.3. The van der Waals surface area contributed by atoms with E-state index < -0.39 is 116 Å². The summed E-state index contributed by atoms with van der Waals surface area (Å²) in [6.07, 6.45) is -15.2. The largest absolute Gasteiger partial charge is 0.394 e. The van der Waals surface area contributed by atoms with Crippen LogP contribution in [-0.4, -0.2) is 165 Å². The number of hydrogen-bond acceptors (Lipinski definition) is 17. The van der Waals surface area contributed by atoms with Crippen molar-refractivity contribution < 1.29 is 59.5 Å². The van der Waals surface area contributed by atoms with Crippen molar-refractivity contribution in [2.45, 2.75) is 123 Å². The lowest BCUT2D eigenvalue weighted by Gasteiger charge is -2.49. The van der Waals surface area contributed by atoms with Crippen LogP contribution in [0.25, 0.3) is 0 Å². The highest BCUT2D eigenvalue weighted by Crippen LogP contribution is 2.36. The Labute approximate surface area is 242 Å². The van der Waals surface area contributed by atoms with Crippen LogP contribution in [0, 0.1) is 0 Å². The summed E-state index contributed by atoms with van der Waals surface area (Å²) >= 11 is 0. The molecule has 0 spiro atoms. The Morgan fingerprint density at radius 1 is 0.881 bits per heavy atom. The molecule has 42 heavy (non-hydrogen) atoms. The zero-order chi connectivity index (χ0) is 31.1. The molecule has 18 heteroatoms. The Bertz CT molecular complexity index is 925. The highest BCUT2D eigenvalue weighted by Gasteiger charge is 2.59. The van der Waals surface area contributed by atoms with E-state index in [0.29, 0.717) is 6.54 Å². The van der Waals surface area contributed by atoms with Gasteiger partial charge < -0.3 is 88.3 Å². The van der Waals surface area contributed by atoms with Gasteiger partial charge in [0.2, 0.25) is 0 Å². The number of nitrogens with one attached hydrogen (secondary N) is 2. The molecule has 2 heterocycles. The molecule has 0 aromatic rings. The first-order chi connectivity index (χ1) is 19.7. The molecule has 17 atom stereocenters. The van der Waals surface area contributed by atoms with Crippen molar-refractivity contribution in [3.8, 4) is 0 Å². The second-order valence-corrected chi connectivity index (χ2v) is 11.6. The van der Waals surface area contributed by atoms with Crippen LogP contribution in [-0.2, 0) is 23.7 Å². The Morgan fingerprint density at radius 2 is 1.50 bits per heavy atom. The first kappa shape index (κ1) is 33.7. The molecule has 1 amide bonds. The second-order valence-electron chi connectivity index (χ2n) is 11.6. The monoisotopic (exact) mass is 610 g/mol. The SMILES string of the molecule is CCNC[C@H]1O[C@H](OC2[C@@H](N)C[C@@H](NC(=O)C3(O)CC3N)[C@H](O[C@H]3O[C@H](CO)[C@@H](O)[C@H](N)[C@H]3O)[C@H]2O)[C@H](N)[C@@H](O)[C@@H]1O. The summed E-state index contributed by atoms with van der Waals surface area (Å²) in [5, 5.41) is 78.9. The highest BCUT2D eigenvalue weighted by molar-refractivity contribution is 5.89. The van der Waals surface area contributed by atoms with Crippen LogP contribution in [0.4, 0.5) is 0 Å². The topological polar surface area (TPSA) is 324 Å². The standard InChI is InChI=1S/C24H46N6O12/c1-2-29-5-9-15(33)16(34)13(28)21(39-9)41-19-7(25)3-8(30-23(37)24(38)4-11(24)26)20(18(19)36)42-22-17(35)12(27)14(32)10(6-31)40-22/h7-22,29,31-36,38H,2-6,25-28H2,1H3,(H,30,37)/t7-,8+,9+,10+,11?,12-,13+,14+,15+,16+,17+,18-,19?,20-,21+,22+,24?/m0/s1. The molecule has 0 aromatic carbocycles. The van der Waals surface area contributed by atoms with Crippen molar-refractivity contribution in [3.63, 3.8) is 0 Å². The van der Waals surface area contributed by atoms with Gasteiger partial charge >= 0.3 is 0 Å². The van der Waals surface area contributed by atoms with Gasteiger partial charge in [0.05, 0.1) is 24.7 Å². The minimum Gasteiger partial charge on any atom is -0.394 e. The van der Waals surface area contributed by atoms with E-state index in [-0.39, 0.29) is 19.4 Å². The van der Waals surface area contributed by atoms with E-state index >= 15 is 0 Å². The molecule has 244 valence electrons. The Morgan fingerprint density at radius 3 is 2.10 bits per heavy atom. The molecule has 3 unspecified atom stereocenters. The van der Waals surface area contributed by atoms with E-state index in [1.807, 2.05) is 6.92 Å². The van der Waals surface area contributed by atoms with Gasteiger partial charge in [0.1, 0.15) is 54.9 Å². The third kappa shape index (κ3) is 6.59. The average Bonchev–Trinajstić information content (AvgIpc) is 3.59. The molecule has 4 rings (SSSR count).